The quantitative estimate of drug-likeness (QED) is 0.650. The lowest BCUT2D eigenvalue weighted by Crippen LogP contribution is -2.52. The minimum Gasteiger partial charge on any atom is -0.494 e. The van der Waals surface area contributed by atoms with Gasteiger partial charge in [0.1, 0.15) is 11.6 Å². The van der Waals surface area contributed by atoms with E-state index in [1.54, 1.807) is 29.2 Å². The molecule has 1 saturated heterocycles. The van der Waals surface area contributed by atoms with Crippen molar-refractivity contribution in [2.45, 2.75) is 6.92 Å². The second-order valence-electron chi connectivity index (χ2n) is 7.35. The Balaban J connectivity index is 1.37. The average molecular weight is 442 g/mol. The molecule has 9 heteroatoms. The predicted octanol–water partition coefficient (Wildman–Crippen LogP) is 1.74. The molecule has 8 nitrogen and oxygen atoms in total. The minimum atomic E-state index is -0.362. The molecule has 32 heavy (non-hydrogen) atoms. The fourth-order valence-corrected chi connectivity index (χ4v) is 3.33. The maximum absolute atomic E-state index is 12.9. The number of carbonyl (C=O) groups is 3. The third kappa shape index (κ3) is 6.78. The van der Waals surface area contributed by atoms with E-state index < -0.39 is 0 Å². The van der Waals surface area contributed by atoms with Crippen LogP contribution in [0.4, 0.5) is 10.1 Å². The van der Waals surface area contributed by atoms with Crippen LogP contribution in [0.3, 0.4) is 0 Å². The van der Waals surface area contributed by atoms with Crippen molar-refractivity contribution in [3.63, 3.8) is 0 Å². The zero-order valence-electron chi connectivity index (χ0n) is 18.0. The van der Waals surface area contributed by atoms with Gasteiger partial charge in [0.25, 0.3) is 5.91 Å². The third-order valence-corrected chi connectivity index (χ3v) is 5.05. The predicted molar refractivity (Wildman–Crippen MR) is 118 cm³/mol. The van der Waals surface area contributed by atoms with Crippen molar-refractivity contribution in [1.29, 1.82) is 0 Å². The Morgan fingerprint density at radius 3 is 2.25 bits per heavy atom. The van der Waals surface area contributed by atoms with E-state index in [-0.39, 0.29) is 36.6 Å². The summed E-state index contributed by atoms with van der Waals surface area (Å²) in [5.41, 5.74) is 0.992. The van der Waals surface area contributed by atoms with Crippen LogP contribution in [0.2, 0.25) is 0 Å². The Morgan fingerprint density at radius 1 is 0.969 bits per heavy atom. The van der Waals surface area contributed by atoms with Gasteiger partial charge < -0.3 is 20.3 Å². The van der Waals surface area contributed by atoms with E-state index in [0.717, 1.165) is 0 Å². The van der Waals surface area contributed by atoms with Crippen molar-refractivity contribution in [2.75, 3.05) is 51.2 Å². The zero-order valence-corrected chi connectivity index (χ0v) is 18.0. The maximum Gasteiger partial charge on any atom is 0.251 e. The fourth-order valence-electron chi connectivity index (χ4n) is 3.33. The molecular weight excluding hydrogens is 415 g/mol. The highest BCUT2D eigenvalue weighted by atomic mass is 19.1. The molecule has 0 aromatic heterocycles. The number of halogens is 1. The van der Waals surface area contributed by atoms with Crippen LogP contribution < -0.4 is 15.4 Å². The number of carbonyl (C=O) groups excluding carboxylic acids is 3. The number of nitrogens with zero attached hydrogens (tertiary/aromatic N) is 2. The maximum atomic E-state index is 12.9. The standard InChI is InChI=1S/C23H27FN4O4/c1-2-32-20-9-3-17(4-10-20)23(31)25-15-22(30)28-13-11-27(12-14-28)16-21(29)26-19-7-5-18(24)6-8-19/h3-10H,2,11-16H2,1H3,(H,25,31)(H,26,29). The molecule has 3 rings (SSSR count). The summed E-state index contributed by atoms with van der Waals surface area (Å²) in [6.45, 7) is 4.58. The average Bonchev–Trinajstić information content (AvgIpc) is 2.80. The second kappa shape index (κ2) is 11.2. The van der Waals surface area contributed by atoms with Crippen molar-refractivity contribution in [3.8, 4) is 5.75 Å². The largest absolute Gasteiger partial charge is 0.494 e. The number of amides is 3. The van der Waals surface area contributed by atoms with Gasteiger partial charge in [0.05, 0.1) is 19.7 Å². The summed E-state index contributed by atoms with van der Waals surface area (Å²) in [5.74, 6) is -0.361. The highest BCUT2D eigenvalue weighted by molar-refractivity contribution is 5.96. The number of piperazine rings is 1. The molecule has 2 aromatic carbocycles. The van der Waals surface area contributed by atoms with E-state index in [9.17, 15) is 18.8 Å². The summed E-state index contributed by atoms with van der Waals surface area (Å²) >= 11 is 0. The Morgan fingerprint density at radius 2 is 1.62 bits per heavy atom. The number of benzene rings is 2. The molecule has 0 aliphatic carbocycles. The lowest BCUT2D eigenvalue weighted by molar-refractivity contribution is -0.132. The minimum absolute atomic E-state index is 0.0862. The smallest absolute Gasteiger partial charge is 0.251 e. The van der Waals surface area contributed by atoms with E-state index in [4.69, 9.17) is 4.74 Å². The van der Waals surface area contributed by atoms with Crippen LogP contribution in [-0.2, 0) is 9.59 Å². The highest BCUT2D eigenvalue weighted by Crippen LogP contribution is 2.12. The van der Waals surface area contributed by atoms with E-state index >= 15 is 0 Å². The molecule has 170 valence electrons. The highest BCUT2D eigenvalue weighted by Gasteiger charge is 2.22. The molecule has 0 atom stereocenters. The van der Waals surface area contributed by atoms with Crippen molar-refractivity contribution < 1.29 is 23.5 Å². The van der Waals surface area contributed by atoms with Gasteiger partial charge in [-0.1, -0.05) is 0 Å². The number of anilines is 1. The van der Waals surface area contributed by atoms with E-state index in [1.807, 2.05) is 11.8 Å². The molecule has 1 aliphatic rings. The van der Waals surface area contributed by atoms with Crippen molar-refractivity contribution in [3.05, 3.63) is 59.9 Å². The van der Waals surface area contributed by atoms with Crippen LogP contribution in [-0.4, -0.2) is 73.4 Å². The number of hydrogen-bond donors (Lipinski definition) is 2. The third-order valence-electron chi connectivity index (χ3n) is 5.05. The summed E-state index contributed by atoms with van der Waals surface area (Å²) in [6.07, 6.45) is 0. The Bertz CT molecular complexity index is 926. The first-order chi connectivity index (χ1) is 15.4. The number of rotatable bonds is 8. The lowest BCUT2D eigenvalue weighted by Gasteiger charge is -2.34. The summed E-state index contributed by atoms with van der Waals surface area (Å²) in [4.78, 5) is 40.5. The molecule has 2 aromatic rings. The Kier molecular flexibility index (Phi) is 8.15. The summed E-state index contributed by atoms with van der Waals surface area (Å²) in [7, 11) is 0. The van der Waals surface area contributed by atoms with Gasteiger partial charge in [-0.15, -0.1) is 0 Å². The molecule has 0 unspecified atom stereocenters. The molecular formula is C23H27FN4O4. The van der Waals surface area contributed by atoms with E-state index in [2.05, 4.69) is 10.6 Å². The number of nitrogens with one attached hydrogen (secondary N) is 2. The van der Waals surface area contributed by atoms with Crippen molar-refractivity contribution in [1.82, 2.24) is 15.1 Å². The normalized spacial score (nSPS) is 14.0. The number of ether oxygens (including phenoxy) is 1. The molecule has 0 radical (unpaired) electrons. The molecule has 0 saturated carbocycles. The van der Waals surface area contributed by atoms with Crippen LogP contribution in [0, 0.1) is 5.82 Å². The zero-order chi connectivity index (χ0) is 22.9. The fraction of sp³-hybridized carbons (Fsp3) is 0.348. The molecule has 1 aliphatic heterocycles. The summed E-state index contributed by atoms with van der Waals surface area (Å²) < 4.78 is 18.3. The summed E-state index contributed by atoms with van der Waals surface area (Å²) in [6, 6.07) is 12.3. The van der Waals surface area contributed by atoms with Gasteiger partial charge in [0.15, 0.2) is 0 Å². The molecule has 0 spiro atoms. The van der Waals surface area contributed by atoms with Gasteiger partial charge in [-0.3, -0.25) is 19.3 Å². The molecule has 1 heterocycles. The molecule has 2 N–H and O–H groups in total. The van der Waals surface area contributed by atoms with Crippen LogP contribution in [0.5, 0.6) is 5.75 Å². The van der Waals surface area contributed by atoms with Gasteiger partial charge in [0.2, 0.25) is 11.8 Å². The SMILES string of the molecule is CCOc1ccc(C(=O)NCC(=O)N2CCN(CC(=O)Nc3ccc(F)cc3)CC2)cc1. The first-order valence-electron chi connectivity index (χ1n) is 10.5. The van der Waals surface area contributed by atoms with Gasteiger partial charge in [0, 0.05) is 37.4 Å². The molecule has 1 fully saturated rings. The topological polar surface area (TPSA) is 91.0 Å². The second-order valence-corrected chi connectivity index (χ2v) is 7.35. The van der Waals surface area contributed by atoms with Gasteiger partial charge in [-0.25, -0.2) is 4.39 Å². The monoisotopic (exact) mass is 442 g/mol. The van der Waals surface area contributed by atoms with Gasteiger partial charge in [-0.05, 0) is 55.5 Å². The van der Waals surface area contributed by atoms with Crippen molar-refractivity contribution >= 4 is 23.4 Å². The summed E-state index contributed by atoms with van der Waals surface area (Å²) in [5, 5.41) is 5.37. The van der Waals surface area contributed by atoms with Crippen LogP contribution in [0.15, 0.2) is 48.5 Å². The first-order valence-corrected chi connectivity index (χ1v) is 10.5. The molecule has 0 bridgehead atoms. The van der Waals surface area contributed by atoms with Crippen LogP contribution in [0.25, 0.3) is 0 Å². The Hall–Kier alpha value is -3.46. The number of hydrogen-bond acceptors (Lipinski definition) is 5. The Labute approximate surface area is 186 Å². The van der Waals surface area contributed by atoms with Gasteiger partial charge >= 0.3 is 0 Å². The van der Waals surface area contributed by atoms with Crippen molar-refractivity contribution in [2.24, 2.45) is 0 Å². The van der Waals surface area contributed by atoms with Crippen LogP contribution in [0.1, 0.15) is 17.3 Å². The van der Waals surface area contributed by atoms with E-state index in [0.29, 0.717) is 49.8 Å². The first kappa shape index (κ1) is 23.2. The van der Waals surface area contributed by atoms with E-state index in [1.165, 1.54) is 24.3 Å². The van der Waals surface area contributed by atoms with Crippen LogP contribution >= 0.6 is 0 Å². The molecule has 3 amide bonds. The van der Waals surface area contributed by atoms with Gasteiger partial charge in [-0.2, -0.15) is 0 Å². The lowest BCUT2D eigenvalue weighted by atomic mass is 10.2.